The van der Waals surface area contributed by atoms with Crippen LogP contribution in [0.5, 0.6) is 0 Å². The van der Waals surface area contributed by atoms with E-state index in [9.17, 15) is 14.4 Å². The van der Waals surface area contributed by atoms with Gasteiger partial charge in [0.1, 0.15) is 0 Å². The summed E-state index contributed by atoms with van der Waals surface area (Å²) >= 11 is 0. The number of rotatable bonds is 8. The molecule has 0 aromatic heterocycles. The Hall–Kier alpha value is -4.13. The summed E-state index contributed by atoms with van der Waals surface area (Å²) in [6, 6.07) is 23.8. The van der Waals surface area contributed by atoms with Crippen molar-refractivity contribution in [3.8, 4) is 0 Å². The SMILES string of the molecule is O=C(CNc1ccc(C(=O)NCc2ccccc2)cc1)Nc1cccc(C(=O)N2CCCCCC2)c1. The van der Waals surface area contributed by atoms with Gasteiger partial charge in [-0.2, -0.15) is 0 Å². The maximum atomic E-state index is 12.9. The molecule has 3 N–H and O–H groups in total. The first-order valence-corrected chi connectivity index (χ1v) is 12.4. The quantitative estimate of drug-likeness (QED) is 0.433. The molecule has 186 valence electrons. The Morgan fingerprint density at radius 1 is 0.722 bits per heavy atom. The van der Waals surface area contributed by atoms with Gasteiger partial charge in [-0.25, -0.2) is 0 Å². The summed E-state index contributed by atoms with van der Waals surface area (Å²) in [5.74, 6) is -0.365. The zero-order valence-electron chi connectivity index (χ0n) is 20.3. The summed E-state index contributed by atoms with van der Waals surface area (Å²) in [5.41, 5.74) is 3.49. The van der Waals surface area contributed by atoms with E-state index in [4.69, 9.17) is 0 Å². The lowest BCUT2D eigenvalue weighted by molar-refractivity contribution is -0.114. The average Bonchev–Trinajstić information content (AvgIpc) is 3.21. The maximum Gasteiger partial charge on any atom is 0.253 e. The second-order valence-corrected chi connectivity index (χ2v) is 8.93. The number of nitrogens with one attached hydrogen (secondary N) is 3. The van der Waals surface area contributed by atoms with E-state index in [2.05, 4.69) is 16.0 Å². The van der Waals surface area contributed by atoms with Crippen molar-refractivity contribution in [3.63, 3.8) is 0 Å². The largest absolute Gasteiger partial charge is 0.376 e. The van der Waals surface area contributed by atoms with Crippen LogP contribution in [-0.4, -0.2) is 42.3 Å². The second kappa shape index (κ2) is 12.5. The van der Waals surface area contributed by atoms with Crippen LogP contribution in [0.25, 0.3) is 0 Å². The van der Waals surface area contributed by atoms with Gasteiger partial charge in [-0.05, 0) is 60.9 Å². The van der Waals surface area contributed by atoms with Crippen molar-refractivity contribution < 1.29 is 14.4 Å². The van der Waals surface area contributed by atoms with E-state index in [1.807, 2.05) is 35.2 Å². The first-order valence-electron chi connectivity index (χ1n) is 12.4. The molecule has 7 nitrogen and oxygen atoms in total. The van der Waals surface area contributed by atoms with Gasteiger partial charge in [-0.3, -0.25) is 14.4 Å². The molecule has 0 saturated carbocycles. The van der Waals surface area contributed by atoms with Crippen LogP contribution in [0.15, 0.2) is 78.9 Å². The van der Waals surface area contributed by atoms with Gasteiger partial charge in [0.15, 0.2) is 0 Å². The Morgan fingerprint density at radius 2 is 1.44 bits per heavy atom. The number of amides is 3. The van der Waals surface area contributed by atoms with Crippen molar-refractivity contribution in [2.24, 2.45) is 0 Å². The zero-order chi connectivity index (χ0) is 25.2. The summed E-state index contributed by atoms with van der Waals surface area (Å²) < 4.78 is 0. The molecule has 1 heterocycles. The number of likely N-dealkylation sites (tertiary alicyclic amines) is 1. The standard InChI is InChI=1S/C29H32N4O3/c34-27(32-26-12-8-11-24(19-26)29(36)33-17-6-1-2-7-18-33)21-30-25-15-13-23(14-16-25)28(35)31-20-22-9-4-3-5-10-22/h3-5,8-16,19,30H,1-2,6-7,17-18,20-21H2,(H,31,35)(H,32,34). The predicted molar refractivity (Wildman–Crippen MR) is 142 cm³/mol. The van der Waals surface area contributed by atoms with Gasteiger partial charge < -0.3 is 20.9 Å². The molecule has 4 rings (SSSR count). The van der Waals surface area contributed by atoms with E-state index in [1.54, 1.807) is 48.5 Å². The molecule has 0 atom stereocenters. The van der Waals surface area contributed by atoms with E-state index >= 15 is 0 Å². The number of nitrogens with zero attached hydrogens (tertiary/aromatic N) is 1. The molecule has 3 amide bonds. The third-order valence-electron chi connectivity index (χ3n) is 6.18. The molecule has 3 aromatic rings. The molecule has 0 unspecified atom stereocenters. The highest BCUT2D eigenvalue weighted by Crippen LogP contribution is 2.17. The Labute approximate surface area is 211 Å². The van der Waals surface area contributed by atoms with Crippen molar-refractivity contribution in [1.82, 2.24) is 10.2 Å². The van der Waals surface area contributed by atoms with Crippen molar-refractivity contribution >= 4 is 29.1 Å². The average molecular weight is 485 g/mol. The topological polar surface area (TPSA) is 90.5 Å². The van der Waals surface area contributed by atoms with Crippen molar-refractivity contribution in [1.29, 1.82) is 0 Å². The zero-order valence-corrected chi connectivity index (χ0v) is 20.3. The van der Waals surface area contributed by atoms with Crippen molar-refractivity contribution in [2.45, 2.75) is 32.2 Å². The summed E-state index contributed by atoms with van der Waals surface area (Å²) in [6.45, 7) is 2.09. The van der Waals surface area contributed by atoms with Crippen LogP contribution >= 0.6 is 0 Å². The lowest BCUT2D eigenvalue weighted by atomic mass is 10.1. The van der Waals surface area contributed by atoms with Gasteiger partial charge in [-0.15, -0.1) is 0 Å². The van der Waals surface area contributed by atoms with Crippen molar-refractivity contribution in [3.05, 3.63) is 95.6 Å². The minimum atomic E-state index is -0.223. The number of carbonyl (C=O) groups excluding carboxylic acids is 3. The molecule has 1 saturated heterocycles. The normalized spacial score (nSPS) is 13.4. The van der Waals surface area contributed by atoms with E-state index < -0.39 is 0 Å². The molecule has 7 heteroatoms. The molecular weight excluding hydrogens is 452 g/mol. The number of anilines is 2. The van der Waals surface area contributed by atoms with Crippen LogP contribution in [0.1, 0.15) is 52.0 Å². The highest BCUT2D eigenvalue weighted by atomic mass is 16.2. The van der Waals surface area contributed by atoms with Crippen LogP contribution in [0.3, 0.4) is 0 Å². The van der Waals surface area contributed by atoms with Crippen LogP contribution in [0.2, 0.25) is 0 Å². The van der Waals surface area contributed by atoms with Crippen molar-refractivity contribution in [2.75, 3.05) is 30.3 Å². The molecule has 36 heavy (non-hydrogen) atoms. The van der Waals surface area contributed by atoms with Crippen LogP contribution in [0, 0.1) is 0 Å². The molecule has 1 aliphatic heterocycles. The third kappa shape index (κ3) is 7.18. The Morgan fingerprint density at radius 3 is 2.17 bits per heavy atom. The van der Waals surface area contributed by atoms with Gasteiger partial charge in [0, 0.05) is 42.1 Å². The summed E-state index contributed by atoms with van der Waals surface area (Å²) in [5, 5.41) is 8.81. The molecule has 1 fully saturated rings. The minimum Gasteiger partial charge on any atom is -0.376 e. The molecule has 0 bridgehead atoms. The number of hydrogen-bond donors (Lipinski definition) is 3. The van der Waals surface area contributed by atoms with Crippen LogP contribution in [-0.2, 0) is 11.3 Å². The Kier molecular flexibility index (Phi) is 8.70. The van der Waals surface area contributed by atoms with Crippen LogP contribution in [0.4, 0.5) is 11.4 Å². The highest BCUT2D eigenvalue weighted by Gasteiger charge is 2.17. The molecule has 0 radical (unpaired) electrons. The van der Waals surface area contributed by atoms with E-state index in [1.165, 1.54) is 0 Å². The molecule has 0 spiro atoms. The lowest BCUT2D eigenvalue weighted by Gasteiger charge is -2.20. The fourth-order valence-electron chi connectivity index (χ4n) is 4.19. The fraction of sp³-hybridized carbons (Fsp3) is 0.276. The molecule has 3 aromatic carbocycles. The predicted octanol–water partition coefficient (Wildman–Crippen LogP) is 4.68. The van der Waals surface area contributed by atoms with Gasteiger partial charge in [0.2, 0.25) is 5.91 Å². The van der Waals surface area contributed by atoms with Gasteiger partial charge in [-0.1, -0.05) is 49.2 Å². The fourth-order valence-corrected chi connectivity index (χ4v) is 4.19. The lowest BCUT2D eigenvalue weighted by Crippen LogP contribution is -2.31. The van der Waals surface area contributed by atoms with E-state index in [0.29, 0.717) is 23.4 Å². The van der Waals surface area contributed by atoms with Gasteiger partial charge in [0.25, 0.3) is 11.8 Å². The Balaban J connectivity index is 1.25. The summed E-state index contributed by atoms with van der Waals surface area (Å²) in [6.07, 6.45) is 4.40. The van der Waals surface area contributed by atoms with Gasteiger partial charge in [0.05, 0.1) is 6.54 Å². The monoisotopic (exact) mass is 484 g/mol. The molecule has 0 aliphatic carbocycles. The Bertz CT molecular complexity index is 1170. The molecule has 1 aliphatic rings. The van der Waals surface area contributed by atoms with E-state index in [0.717, 1.165) is 50.0 Å². The smallest absolute Gasteiger partial charge is 0.253 e. The maximum absolute atomic E-state index is 12.9. The van der Waals surface area contributed by atoms with Gasteiger partial charge >= 0.3 is 0 Å². The van der Waals surface area contributed by atoms with Crippen LogP contribution < -0.4 is 16.0 Å². The number of hydrogen-bond acceptors (Lipinski definition) is 4. The number of carbonyl (C=O) groups is 3. The highest BCUT2D eigenvalue weighted by molar-refractivity contribution is 5.98. The number of benzene rings is 3. The summed E-state index contributed by atoms with van der Waals surface area (Å²) in [7, 11) is 0. The summed E-state index contributed by atoms with van der Waals surface area (Å²) in [4.78, 5) is 39.6. The third-order valence-corrected chi connectivity index (χ3v) is 6.18. The first kappa shape index (κ1) is 25.0. The second-order valence-electron chi connectivity index (χ2n) is 8.93. The van der Waals surface area contributed by atoms with E-state index in [-0.39, 0.29) is 24.3 Å². The molecular formula is C29H32N4O3. The first-order chi connectivity index (χ1) is 17.6. The minimum absolute atomic E-state index is 0.0130.